The van der Waals surface area contributed by atoms with Gasteiger partial charge in [0.25, 0.3) is 0 Å². The zero-order valence-electron chi connectivity index (χ0n) is 23.8. The van der Waals surface area contributed by atoms with E-state index in [1.165, 1.54) is 43.2 Å². The van der Waals surface area contributed by atoms with Crippen LogP contribution in [-0.2, 0) is 13.1 Å². The molecule has 2 aromatic carbocycles. The lowest BCUT2D eigenvalue weighted by atomic mass is 9.66. The first-order chi connectivity index (χ1) is 16.3. The number of hydrogen-bond donors (Lipinski definition) is 0. The number of hydrogen-bond acceptors (Lipinski definition) is 2. The SMILES string of the molecule is CC1(C)CC(CC2CC(C)(C)N(Cc3ccccc3)C(C)(C)C2)CC(C)(C)N1Cc1ccccc1. The second-order valence-electron chi connectivity index (χ2n) is 14.2. The Morgan fingerprint density at radius 2 is 0.800 bits per heavy atom. The third kappa shape index (κ3) is 6.03. The van der Waals surface area contributed by atoms with Gasteiger partial charge in [-0.25, -0.2) is 0 Å². The van der Waals surface area contributed by atoms with Crippen LogP contribution >= 0.6 is 0 Å². The summed E-state index contributed by atoms with van der Waals surface area (Å²) in [5.74, 6) is 1.59. The molecule has 2 aromatic rings. The maximum atomic E-state index is 2.78. The lowest BCUT2D eigenvalue weighted by Crippen LogP contribution is -2.61. The summed E-state index contributed by atoms with van der Waals surface area (Å²) in [6.07, 6.45) is 6.57. The molecule has 0 radical (unpaired) electrons. The topological polar surface area (TPSA) is 6.48 Å². The Balaban J connectivity index is 1.45. The third-order valence-corrected chi connectivity index (χ3v) is 9.11. The summed E-state index contributed by atoms with van der Waals surface area (Å²) in [5, 5.41) is 0. The molecular formula is C33H50N2. The molecule has 0 bridgehead atoms. The van der Waals surface area contributed by atoms with Crippen molar-refractivity contribution in [1.82, 2.24) is 9.80 Å². The van der Waals surface area contributed by atoms with Crippen molar-refractivity contribution in [3.05, 3.63) is 71.8 Å². The van der Waals surface area contributed by atoms with E-state index in [2.05, 4.69) is 126 Å². The van der Waals surface area contributed by atoms with Gasteiger partial charge in [-0.1, -0.05) is 60.7 Å². The van der Waals surface area contributed by atoms with Crippen LogP contribution in [0.1, 0.15) is 98.6 Å². The zero-order chi connectivity index (χ0) is 25.5. The van der Waals surface area contributed by atoms with Gasteiger partial charge in [-0.2, -0.15) is 0 Å². The van der Waals surface area contributed by atoms with E-state index in [1.807, 2.05) is 0 Å². The molecule has 35 heavy (non-hydrogen) atoms. The molecule has 2 aliphatic rings. The summed E-state index contributed by atoms with van der Waals surface area (Å²) in [7, 11) is 0. The first kappa shape index (κ1) is 26.4. The minimum atomic E-state index is 0.210. The molecule has 2 saturated heterocycles. The predicted octanol–water partition coefficient (Wildman–Crippen LogP) is 8.32. The van der Waals surface area contributed by atoms with Gasteiger partial charge in [0.2, 0.25) is 0 Å². The van der Waals surface area contributed by atoms with Gasteiger partial charge in [-0.15, -0.1) is 0 Å². The minimum absolute atomic E-state index is 0.210. The maximum Gasteiger partial charge on any atom is 0.0244 e. The van der Waals surface area contributed by atoms with Crippen LogP contribution in [0.3, 0.4) is 0 Å². The number of nitrogens with zero attached hydrogens (tertiary/aromatic N) is 2. The van der Waals surface area contributed by atoms with Gasteiger partial charge in [0.05, 0.1) is 0 Å². The molecule has 0 N–H and O–H groups in total. The number of rotatable bonds is 6. The Morgan fingerprint density at radius 3 is 1.09 bits per heavy atom. The smallest absolute Gasteiger partial charge is 0.0244 e. The summed E-state index contributed by atoms with van der Waals surface area (Å²) in [4.78, 5) is 5.56. The van der Waals surface area contributed by atoms with Crippen molar-refractivity contribution in [3.63, 3.8) is 0 Å². The first-order valence-electron chi connectivity index (χ1n) is 13.9. The van der Waals surface area contributed by atoms with Gasteiger partial charge in [0, 0.05) is 35.2 Å². The van der Waals surface area contributed by atoms with E-state index in [1.54, 1.807) is 0 Å². The molecule has 4 rings (SSSR count). The molecule has 2 fully saturated rings. The molecule has 0 spiro atoms. The van der Waals surface area contributed by atoms with E-state index < -0.39 is 0 Å². The van der Waals surface area contributed by atoms with E-state index >= 15 is 0 Å². The number of benzene rings is 2. The summed E-state index contributed by atoms with van der Waals surface area (Å²) in [6.45, 7) is 22.0. The van der Waals surface area contributed by atoms with Crippen molar-refractivity contribution >= 4 is 0 Å². The van der Waals surface area contributed by atoms with Crippen molar-refractivity contribution in [2.45, 2.75) is 123 Å². The normalized spacial score (nSPS) is 24.9. The predicted molar refractivity (Wildman–Crippen MR) is 150 cm³/mol. The van der Waals surface area contributed by atoms with E-state index in [0.717, 1.165) is 24.9 Å². The van der Waals surface area contributed by atoms with Gasteiger partial charge in [0.15, 0.2) is 0 Å². The highest BCUT2D eigenvalue weighted by Crippen LogP contribution is 2.49. The van der Waals surface area contributed by atoms with E-state index in [0.29, 0.717) is 0 Å². The lowest BCUT2D eigenvalue weighted by molar-refractivity contribution is -0.0832. The number of likely N-dealkylation sites (tertiary alicyclic amines) is 2. The molecular weight excluding hydrogens is 424 g/mol. The van der Waals surface area contributed by atoms with Crippen LogP contribution in [0.5, 0.6) is 0 Å². The lowest BCUT2D eigenvalue weighted by Gasteiger charge is -2.58. The van der Waals surface area contributed by atoms with Gasteiger partial charge in [0.1, 0.15) is 0 Å². The van der Waals surface area contributed by atoms with Crippen molar-refractivity contribution in [2.75, 3.05) is 0 Å². The Bertz CT molecular complexity index is 842. The molecule has 0 aromatic heterocycles. The monoisotopic (exact) mass is 474 g/mol. The second kappa shape index (κ2) is 9.67. The highest BCUT2D eigenvalue weighted by atomic mass is 15.3. The molecule has 0 amide bonds. The van der Waals surface area contributed by atoms with Crippen molar-refractivity contribution < 1.29 is 0 Å². The zero-order valence-corrected chi connectivity index (χ0v) is 23.8. The van der Waals surface area contributed by atoms with Crippen LogP contribution in [0, 0.1) is 11.8 Å². The fourth-order valence-electron chi connectivity index (χ4n) is 8.24. The van der Waals surface area contributed by atoms with Gasteiger partial charge >= 0.3 is 0 Å². The van der Waals surface area contributed by atoms with E-state index in [4.69, 9.17) is 0 Å². The highest BCUT2D eigenvalue weighted by molar-refractivity contribution is 5.18. The first-order valence-corrected chi connectivity index (χ1v) is 13.9. The average molecular weight is 475 g/mol. The van der Waals surface area contributed by atoms with Crippen molar-refractivity contribution in [2.24, 2.45) is 11.8 Å². The van der Waals surface area contributed by atoms with Gasteiger partial charge in [-0.05, 0) is 110 Å². The Kier molecular flexibility index (Phi) is 7.30. The molecule has 2 aliphatic heterocycles. The molecule has 2 heteroatoms. The van der Waals surface area contributed by atoms with Gasteiger partial charge in [-0.3, -0.25) is 9.80 Å². The van der Waals surface area contributed by atoms with Crippen LogP contribution < -0.4 is 0 Å². The molecule has 192 valence electrons. The highest BCUT2D eigenvalue weighted by Gasteiger charge is 2.48. The van der Waals surface area contributed by atoms with Crippen LogP contribution in [-0.4, -0.2) is 32.0 Å². The Hall–Kier alpha value is -1.64. The van der Waals surface area contributed by atoms with Crippen LogP contribution in [0.25, 0.3) is 0 Å². The molecule has 2 nitrogen and oxygen atoms in total. The molecule has 0 aliphatic carbocycles. The van der Waals surface area contributed by atoms with Gasteiger partial charge < -0.3 is 0 Å². The molecule has 0 atom stereocenters. The summed E-state index contributed by atoms with van der Waals surface area (Å²) >= 11 is 0. The molecule has 0 saturated carbocycles. The Morgan fingerprint density at radius 1 is 0.514 bits per heavy atom. The van der Waals surface area contributed by atoms with Crippen molar-refractivity contribution in [3.8, 4) is 0 Å². The second-order valence-corrected chi connectivity index (χ2v) is 14.2. The average Bonchev–Trinajstić information content (AvgIpc) is 2.74. The Labute approximate surface area is 216 Å². The fraction of sp³-hybridized carbons (Fsp3) is 0.636. The van der Waals surface area contributed by atoms with Crippen LogP contribution in [0.15, 0.2) is 60.7 Å². The fourth-order valence-corrected chi connectivity index (χ4v) is 8.24. The largest absolute Gasteiger partial charge is 0.289 e. The third-order valence-electron chi connectivity index (χ3n) is 9.11. The summed E-state index contributed by atoms with van der Waals surface area (Å²) < 4.78 is 0. The van der Waals surface area contributed by atoms with E-state index in [-0.39, 0.29) is 22.2 Å². The summed E-state index contributed by atoms with van der Waals surface area (Å²) in [5.41, 5.74) is 3.70. The van der Waals surface area contributed by atoms with Crippen LogP contribution in [0.4, 0.5) is 0 Å². The standard InChI is InChI=1S/C33H50N2/c1-30(2)20-28(21-31(3,4)34(30)24-26-15-11-9-12-16-26)19-29-22-32(5,6)35(33(7,8)23-29)25-27-17-13-10-14-18-27/h9-18,28-29H,19-25H2,1-8H3. The molecule has 0 unspecified atom stereocenters. The molecule has 2 heterocycles. The number of piperidine rings is 2. The van der Waals surface area contributed by atoms with Crippen molar-refractivity contribution in [1.29, 1.82) is 0 Å². The quantitative estimate of drug-likeness (QED) is 0.415. The van der Waals surface area contributed by atoms with E-state index in [9.17, 15) is 0 Å². The minimum Gasteiger partial charge on any atom is -0.289 e. The summed E-state index contributed by atoms with van der Waals surface area (Å²) in [6, 6.07) is 22.1. The maximum absolute atomic E-state index is 2.78. The van der Waals surface area contributed by atoms with Crippen LogP contribution in [0.2, 0.25) is 0 Å².